The summed E-state index contributed by atoms with van der Waals surface area (Å²) in [7, 11) is -8.57. The third-order valence-electron chi connectivity index (χ3n) is 6.66. The molecular formula is C23H24F6N2O5S2. The predicted octanol–water partition coefficient (Wildman–Crippen LogP) is 4.63. The fraction of sp³-hybridized carbons (Fsp3) is 0.478. The van der Waals surface area contributed by atoms with Gasteiger partial charge in [-0.25, -0.2) is 21.8 Å². The molecule has 210 valence electrons. The molecule has 1 fully saturated rings. The Bertz CT molecular complexity index is 1440. The molecule has 0 bridgehead atoms. The van der Waals surface area contributed by atoms with Crippen LogP contribution in [-0.2, 0) is 32.0 Å². The monoisotopic (exact) mass is 586 g/mol. The summed E-state index contributed by atoms with van der Waals surface area (Å²) in [5.41, 5.74) is -3.13. The van der Waals surface area contributed by atoms with Gasteiger partial charge in [-0.15, -0.1) is 0 Å². The molecule has 0 saturated carbocycles. The maximum absolute atomic E-state index is 13.3. The van der Waals surface area contributed by atoms with Gasteiger partial charge in [-0.05, 0) is 62.9 Å². The van der Waals surface area contributed by atoms with Crippen LogP contribution in [-0.4, -0.2) is 56.7 Å². The average molecular weight is 587 g/mol. The van der Waals surface area contributed by atoms with Crippen LogP contribution in [0.25, 0.3) is 0 Å². The van der Waals surface area contributed by atoms with E-state index in [1.54, 1.807) is 0 Å². The van der Waals surface area contributed by atoms with Crippen LogP contribution in [0.5, 0.6) is 0 Å². The second kappa shape index (κ2) is 9.81. The number of rotatable bonds is 5. The first-order chi connectivity index (χ1) is 17.2. The minimum atomic E-state index is -4.93. The number of likely N-dealkylation sites (tertiary alicyclic amines) is 1. The van der Waals surface area contributed by atoms with Gasteiger partial charge < -0.3 is 4.90 Å². The standard InChI is InChI=1S/C23H24F6N2O5S2/c1-21(2,38(35,36)16-6-4-5-15(13-16)22(24,25)26)14-9-11-31(12-10-14)20(32)17-7-8-18(23(27,28)29)30-19(17)37(3,33)34/h4-8,13-14H,9-12H2,1-3H3. The number of piperidine rings is 1. The Labute approximate surface area is 215 Å². The van der Waals surface area contributed by atoms with Gasteiger partial charge in [0, 0.05) is 19.3 Å². The van der Waals surface area contributed by atoms with Crippen molar-refractivity contribution in [3.05, 3.63) is 53.2 Å². The molecule has 2 heterocycles. The maximum Gasteiger partial charge on any atom is 0.433 e. The number of alkyl halides is 6. The normalized spacial score (nSPS) is 16.5. The highest BCUT2D eigenvalue weighted by Crippen LogP contribution is 2.40. The molecule has 1 saturated heterocycles. The van der Waals surface area contributed by atoms with Crippen LogP contribution in [0, 0.1) is 5.92 Å². The Morgan fingerprint density at radius 2 is 1.50 bits per heavy atom. The number of halogens is 6. The smallest absolute Gasteiger partial charge is 0.339 e. The Morgan fingerprint density at radius 1 is 0.921 bits per heavy atom. The lowest BCUT2D eigenvalue weighted by atomic mass is 9.85. The third kappa shape index (κ3) is 5.82. The molecule has 3 rings (SSSR count). The van der Waals surface area contributed by atoms with Gasteiger partial charge in [0.2, 0.25) is 0 Å². The van der Waals surface area contributed by atoms with Crippen LogP contribution in [0.1, 0.15) is 48.3 Å². The van der Waals surface area contributed by atoms with Gasteiger partial charge in [0.05, 0.1) is 20.8 Å². The molecule has 0 aliphatic carbocycles. The van der Waals surface area contributed by atoms with Crippen molar-refractivity contribution in [2.24, 2.45) is 5.92 Å². The summed E-state index contributed by atoms with van der Waals surface area (Å²) < 4.78 is 128. The first-order valence-corrected chi connectivity index (χ1v) is 14.5. The summed E-state index contributed by atoms with van der Waals surface area (Å²) in [4.78, 5) is 16.9. The minimum Gasteiger partial charge on any atom is -0.339 e. The number of hydrogen-bond acceptors (Lipinski definition) is 6. The first kappa shape index (κ1) is 29.9. The zero-order chi connectivity index (χ0) is 28.9. The molecular weight excluding hydrogens is 562 g/mol. The van der Waals surface area contributed by atoms with Crippen LogP contribution >= 0.6 is 0 Å². The van der Waals surface area contributed by atoms with Crippen molar-refractivity contribution < 1.29 is 48.0 Å². The van der Waals surface area contributed by atoms with E-state index in [0.717, 1.165) is 24.3 Å². The molecule has 0 unspecified atom stereocenters. The molecule has 0 radical (unpaired) electrons. The quantitative estimate of drug-likeness (QED) is 0.474. The van der Waals surface area contributed by atoms with Gasteiger partial charge in [-0.1, -0.05) is 6.07 Å². The number of benzene rings is 1. The average Bonchev–Trinajstić information content (AvgIpc) is 2.81. The fourth-order valence-electron chi connectivity index (χ4n) is 4.35. The van der Waals surface area contributed by atoms with Crippen molar-refractivity contribution in [2.75, 3.05) is 19.3 Å². The molecule has 1 aromatic carbocycles. The van der Waals surface area contributed by atoms with Gasteiger partial charge in [-0.2, -0.15) is 26.3 Å². The van der Waals surface area contributed by atoms with Crippen molar-refractivity contribution in [3.63, 3.8) is 0 Å². The Kier molecular flexibility index (Phi) is 7.71. The van der Waals surface area contributed by atoms with E-state index in [1.807, 2.05) is 0 Å². The van der Waals surface area contributed by atoms with Crippen LogP contribution in [0.2, 0.25) is 0 Å². The number of pyridine rings is 1. The van der Waals surface area contributed by atoms with Gasteiger partial charge in [-0.3, -0.25) is 4.79 Å². The van der Waals surface area contributed by atoms with E-state index >= 15 is 0 Å². The summed E-state index contributed by atoms with van der Waals surface area (Å²) in [5, 5.41) is -1.02. The summed E-state index contributed by atoms with van der Waals surface area (Å²) in [6.45, 7) is 2.64. The second-order valence-corrected chi connectivity index (χ2v) is 14.0. The van der Waals surface area contributed by atoms with Gasteiger partial charge >= 0.3 is 12.4 Å². The van der Waals surface area contributed by atoms with Crippen molar-refractivity contribution in [1.29, 1.82) is 0 Å². The molecule has 1 aliphatic heterocycles. The lowest BCUT2D eigenvalue weighted by molar-refractivity contribution is -0.141. The minimum absolute atomic E-state index is 0.0603. The van der Waals surface area contributed by atoms with E-state index in [-0.39, 0.29) is 25.9 Å². The molecule has 38 heavy (non-hydrogen) atoms. The number of carbonyl (C=O) groups excluding carboxylic acids is 1. The molecule has 0 N–H and O–H groups in total. The van der Waals surface area contributed by atoms with Crippen LogP contribution in [0.3, 0.4) is 0 Å². The predicted molar refractivity (Wildman–Crippen MR) is 124 cm³/mol. The number of sulfone groups is 2. The number of carbonyl (C=O) groups is 1. The molecule has 15 heteroatoms. The lowest BCUT2D eigenvalue weighted by Gasteiger charge is -2.40. The zero-order valence-electron chi connectivity index (χ0n) is 20.4. The molecule has 7 nitrogen and oxygen atoms in total. The number of amides is 1. The van der Waals surface area contributed by atoms with E-state index in [0.29, 0.717) is 18.4 Å². The van der Waals surface area contributed by atoms with Crippen LogP contribution < -0.4 is 0 Å². The summed E-state index contributed by atoms with van der Waals surface area (Å²) in [5.74, 6) is -1.48. The van der Waals surface area contributed by atoms with Crippen molar-refractivity contribution >= 4 is 25.6 Å². The van der Waals surface area contributed by atoms with E-state index in [1.165, 1.54) is 18.7 Å². The summed E-state index contributed by atoms with van der Waals surface area (Å²) in [6.07, 6.45) is -8.85. The van der Waals surface area contributed by atoms with Crippen molar-refractivity contribution in [2.45, 2.75) is 53.7 Å². The van der Waals surface area contributed by atoms with Crippen LogP contribution in [0.4, 0.5) is 26.3 Å². The van der Waals surface area contributed by atoms with Crippen molar-refractivity contribution in [3.8, 4) is 0 Å². The molecule has 0 atom stereocenters. The Hall–Kier alpha value is -2.68. The number of hydrogen-bond donors (Lipinski definition) is 0. The fourth-order valence-corrected chi connectivity index (χ4v) is 7.00. The highest BCUT2D eigenvalue weighted by molar-refractivity contribution is 7.92. The highest BCUT2D eigenvalue weighted by Gasteiger charge is 2.45. The van der Waals surface area contributed by atoms with Crippen molar-refractivity contribution in [1.82, 2.24) is 9.88 Å². The van der Waals surface area contributed by atoms with E-state index in [9.17, 15) is 48.0 Å². The summed E-state index contributed by atoms with van der Waals surface area (Å²) >= 11 is 0. The van der Waals surface area contributed by atoms with Crippen LogP contribution in [0.15, 0.2) is 46.3 Å². The zero-order valence-corrected chi connectivity index (χ0v) is 22.0. The largest absolute Gasteiger partial charge is 0.433 e. The highest BCUT2D eigenvalue weighted by atomic mass is 32.2. The molecule has 1 aromatic heterocycles. The van der Waals surface area contributed by atoms with Gasteiger partial charge in [0.25, 0.3) is 5.91 Å². The summed E-state index contributed by atoms with van der Waals surface area (Å²) in [6, 6.07) is 4.65. The SMILES string of the molecule is CC(C)(C1CCN(C(=O)c2ccc(C(F)(F)F)nc2S(C)(=O)=O)CC1)S(=O)(=O)c1cccc(C(F)(F)F)c1. The lowest BCUT2D eigenvalue weighted by Crippen LogP contribution is -2.47. The first-order valence-electron chi connectivity index (χ1n) is 11.2. The molecule has 2 aromatic rings. The topological polar surface area (TPSA) is 101 Å². The second-order valence-electron chi connectivity index (χ2n) is 9.52. The van der Waals surface area contributed by atoms with Gasteiger partial charge in [0.15, 0.2) is 24.7 Å². The van der Waals surface area contributed by atoms with Gasteiger partial charge in [0.1, 0.15) is 5.69 Å². The molecule has 0 spiro atoms. The number of nitrogens with zero attached hydrogens (tertiary/aromatic N) is 2. The molecule has 1 aliphatic rings. The van der Waals surface area contributed by atoms with E-state index in [4.69, 9.17) is 0 Å². The molecule has 1 amide bonds. The maximum atomic E-state index is 13.3. The Balaban J connectivity index is 1.84. The third-order valence-corrected chi connectivity index (χ3v) is 10.3. The Morgan fingerprint density at radius 3 is 2.00 bits per heavy atom. The van der Waals surface area contributed by atoms with E-state index < -0.39 is 75.3 Å². The van der Waals surface area contributed by atoms with E-state index in [2.05, 4.69) is 4.98 Å². The number of aromatic nitrogens is 1.